The van der Waals surface area contributed by atoms with Gasteiger partial charge in [0.1, 0.15) is 5.76 Å². The summed E-state index contributed by atoms with van der Waals surface area (Å²) in [7, 11) is 0. The molecule has 2 aromatic heterocycles. The van der Waals surface area contributed by atoms with Crippen LogP contribution in [-0.2, 0) is 6.54 Å². The fourth-order valence-electron chi connectivity index (χ4n) is 1.46. The molecule has 0 saturated carbocycles. The number of furan rings is 1. The van der Waals surface area contributed by atoms with Crippen LogP contribution in [0.3, 0.4) is 0 Å². The van der Waals surface area contributed by atoms with Crippen molar-refractivity contribution >= 4 is 17.5 Å². The first-order valence-electron chi connectivity index (χ1n) is 5.57. The van der Waals surface area contributed by atoms with Crippen LogP contribution in [0.4, 0.5) is 0 Å². The Bertz CT molecular complexity index is 523. The van der Waals surface area contributed by atoms with Crippen molar-refractivity contribution in [2.75, 3.05) is 0 Å². The van der Waals surface area contributed by atoms with E-state index in [0.29, 0.717) is 12.3 Å². The zero-order chi connectivity index (χ0) is 13.0. The molecule has 0 saturated heterocycles. The zero-order valence-electron chi connectivity index (χ0n) is 9.89. The third-order valence-corrected chi connectivity index (χ3v) is 2.63. The van der Waals surface area contributed by atoms with Crippen LogP contribution < -0.4 is 5.32 Å². The molecule has 1 amide bonds. The highest BCUT2D eigenvalue weighted by Gasteiger charge is 2.13. The number of nitrogens with zero attached hydrogens (tertiary/aromatic N) is 1. The SMILES string of the molecule is CC(Cl)c1ccc(C(=O)NCc2cccnc2)o1. The summed E-state index contributed by atoms with van der Waals surface area (Å²) >= 11 is 5.86. The number of rotatable bonds is 4. The molecule has 0 radical (unpaired) electrons. The Morgan fingerprint density at radius 1 is 1.50 bits per heavy atom. The smallest absolute Gasteiger partial charge is 0.287 e. The summed E-state index contributed by atoms with van der Waals surface area (Å²) < 4.78 is 5.34. The number of carbonyl (C=O) groups is 1. The number of nitrogens with one attached hydrogen (secondary N) is 1. The highest BCUT2D eigenvalue weighted by atomic mass is 35.5. The molecule has 5 heteroatoms. The van der Waals surface area contributed by atoms with Crippen molar-refractivity contribution < 1.29 is 9.21 Å². The first kappa shape index (κ1) is 12.6. The summed E-state index contributed by atoms with van der Waals surface area (Å²) in [4.78, 5) is 15.8. The number of alkyl halides is 1. The van der Waals surface area contributed by atoms with Crippen molar-refractivity contribution in [2.45, 2.75) is 18.8 Å². The maximum Gasteiger partial charge on any atom is 0.287 e. The van der Waals surface area contributed by atoms with Crippen molar-refractivity contribution in [1.82, 2.24) is 10.3 Å². The van der Waals surface area contributed by atoms with Crippen LogP contribution >= 0.6 is 11.6 Å². The van der Waals surface area contributed by atoms with Gasteiger partial charge in [-0.2, -0.15) is 0 Å². The van der Waals surface area contributed by atoms with Crippen molar-refractivity contribution in [3.05, 3.63) is 53.7 Å². The molecule has 0 spiro atoms. The monoisotopic (exact) mass is 264 g/mol. The molecule has 0 bridgehead atoms. The predicted molar refractivity (Wildman–Crippen MR) is 68.4 cm³/mol. The van der Waals surface area contributed by atoms with Crippen LogP contribution in [0.2, 0.25) is 0 Å². The summed E-state index contributed by atoms with van der Waals surface area (Å²) in [5.74, 6) is 0.590. The van der Waals surface area contributed by atoms with Crippen molar-refractivity contribution in [1.29, 1.82) is 0 Å². The maximum atomic E-state index is 11.8. The molecule has 1 atom stereocenters. The van der Waals surface area contributed by atoms with E-state index in [-0.39, 0.29) is 17.0 Å². The lowest BCUT2D eigenvalue weighted by Crippen LogP contribution is -2.22. The third-order valence-electron chi connectivity index (χ3n) is 2.42. The summed E-state index contributed by atoms with van der Waals surface area (Å²) in [5.41, 5.74) is 0.934. The average Bonchev–Trinajstić information content (AvgIpc) is 2.87. The normalized spacial score (nSPS) is 12.1. The summed E-state index contributed by atoms with van der Waals surface area (Å²) in [5, 5.41) is 2.51. The third kappa shape index (κ3) is 3.11. The van der Waals surface area contributed by atoms with E-state index in [0.717, 1.165) is 5.56 Å². The minimum atomic E-state index is -0.262. The van der Waals surface area contributed by atoms with Gasteiger partial charge < -0.3 is 9.73 Å². The molecule has 2 rings (SSSR count). The Balaban J connectivity index is 1.95. The molecule has 2 heterocycles. The van der Waals surface area contributed by atoms with Gasteiger partial charge in [-0.15, -0.1) is 11.6 Å². The lowest BCUT2D eigenvalue weighted by Gasteiger charge is -2.02. The topological polar surface area (TPSA) is 55.1 Å². The van der Waals surface area contributed by atoms with Gasteiger partial charge in [0.05, 0.1) is 5.38 Å². The van der Waals surface area contributed by atoms with Crippen LogP contribution in [0.25, 0.3) is 0 Å². The molecule has 0 aliphatic heterocycles. The standard InChI is InChI=1S/C13H13ClN2O2/c1-9(14)11-4-5-12(18-11)13(17)16-8-10-3-2-6-15-7-10/h2-7,9H,8H2,1H3,(H,16,17). The van der Waals surface area contributed by atoms with Crippen LogP contribution in [0.5, 0.6) is 0 Å². The van der Waals surface area contributed by atoms with E-state index < -0.39 is 0 Å². The largest absolute Gasteiger partial charge is 0.454 e. The fourth-order valence-corrected chi connectivity index (χ4v) is 1.58. The summed E-state index contributed by atoms with van der Waals surface area (Å²) in [6.45, 7) is 2.21. The second kappa shape index (κ2) is 5.69. The van der Waals surface area contributed by atoms with Gasteiger partial charge in [0.15, 0.2) is 5.76 Å². The Morgan fingerprint density at radius 3 is 2.94 bits per heavy atom. The maximum absolute atomic E-state index is 11.8. The number of pyridine rings is 1. The van der Waals surface area contributed by atoms with E-state index in [2.05, 4.69) is 10.3 Å². The lowest BCUT2D eigenvalue weighted by molar-refractivity contribution is 0.0921. The minimum Gasteiger partial charge on any atom is -0.454 e. The van der Waals surface area contributed by atoms with Gasteiger partial charge in [-0.25, -0.2) is 0 Å². The van der Waals surface area contributed by atoms with Crippen LogP contribution in [0.1, 0.15) is 34.2 Å². The number of halogens is 1. The van der Waals surface area contributed by atoms with Crippen LogP contribution in [-0.4, -0.2) is 10.9 Å². The first-order chi connectivity index (χ1) is 8.66. The van der Waals surface area contributed by atoms with E-state index in [1.165, 1.54) is 0 Å². The predicted octanol–water partition coefficient (Wildman–Crippen LogP) is 2.90. The second-order valence-corrected chi connectivity index (χ2v) is 4.52. The molecule has 18 heavy (non-hydrogen) atoms. The van der Waals surface area contributed by atoms with E-state index in [9.17, 15) is 4.79 Å². The summed E-state index contributed by atoms with van der Waals surface area (Å²) in [6.07, 6.45) is 3.39. The van der Waals surface area contributed by atoms with E-state index in [1.807, 2.05) is 12.1 Å². The van der Waals surface area contributed by atoms with Gasteiger partial charge in [0, 0.05) is 18.9 Å². The number of aromatic nitrogens is 1. The number of hydrogen-bond acceptors (Lipinski definition) is 3. The lowest BCUT2D eigenvalue weighted by atomic mass is 10.3. The molecule has 0 fully saturated rings. The molecule has 0 aliphatic carbocycles. The van der Waals surface area contributed by atoms with Gasteiger partial charge >= 0.3 is 0 Å². The molecule has 94 valence electrons. The molecule has 1 N–H and O–H groups in total. The van der Waals surface area contributed by atoms with E-state index in [4.69, 9.17) is 16.0 Å². The Labute approximate surface area is 110 Å². The van der Waals surface area contributed by atoms with Crippen molar-refractivity contribution in [2.24, 2.45) is 0 Å². The second-order valence-electron chi connectivity index (χ2n) is 3.86. The molecule has 2 aromatic rings. The van der Waals surface area contributed by atoms with E-state index in [1.54, 1.807) is 31.5 Å². The first-order valence-corrected chi connectivity index (χ1v) is 6.01. The Kier molecular flexibility index (Phi) is 3.99. The number of carbonyl (C=O) groups excluding carboxylic acids is 1. The molecular weight excluding hydrogens is 252 g/mol. The average molecular weight is 265 g/mol. The molecular formula is C13H13ClN2O2. The van der Waals surface area contributed by atoms with Gasteiger partial charge in [0.2, 0.25) is 0 Å². The molecule has 4 nitrogen and oxygen atoms in total. The van der Waals surface area contributed by atoms with Crippen molar-refractivity contribution in [3.8, 4) is 0 Å². The van der Waals surface area contributed by atoms with Crippen LogP contribution in [0, 0.1) is 0 Å². The molecule has 0 aromatic carbocycles. The number of amides is 1. The van der Waals surface area contributed by atoms with E-state index >= 15 is 0 Å². The molecule has 1 unspecified atom stereocenters. The Hall–Kier alpha value is -1.81. The highest BCUT2D eigenvalue weighted by molar-refractivity contribution is 6.20. The van der Waals surface area contributed by atoms with Crippen molar-refractivity contribution in [3.63, 3.8) is 0 Å². The van der Waals surface area contributed by atoms with Gasteiger partial charge in [-0.05, 0) is 30.7 Å². The zero-order valence-corrected chi connectivity index (χ0v) is 10.6. The minimum absolute atomic E-state index is 0.245. The van der Waals surface area contributed by atoms with Crippen LogP contribution in [0.15, 0.2) is 41.1 Å². The fraction of sp³-hybridized carbons (Fsp3) is 0.231. The highest BCUT2D eigenvalue weighted by Crippen LogP contribution is 2.21. The molecule has 0 aliphatic rings. The summed E-state index contributed by atoms with van der Waals surface area (Å²) in [6, 6.07) is 7.03. The van der Waals surface area contributed by atoms with Gasteiger partial charge in [-0.3, -0.25) is 9.78 Å². The number of hydrogen-bond donors (Lipinski definition) is 1. The van der Waals surface area contributed by atoms with Gasteiger partial charge in [-0.1, -0.05) is 6.07 Å². The van der Waals surface area contributed by atoms with Gasteiger partial charge in [0.25, 0.3) is 5.91 Å². The Morgan fingerprint density at radius 2 is 2.33 bits per heavy atom. The quantitative estimate of drug-likeness (QED) is 0.864.